The largest absolute Gasteiger partial charge is 0.459 e. The first-order chi connectivity index (χ1) is 32.4. The first-order valence-corrected chi connectivity index (χ1v) is 25.0. The molecular weight excluding hydrogens is 895 g/mol. The molecule has 4 rings (SSSR count). The van der Waals surface area contributed by atoms with Crippen LogP contribution < -0.4 is 5.32 Å². The molecule has 3 fully saturated rings. The molecule has 0 radical (unpaired) electrons. The van der Waals surface area contributed by atoms with Gasteiger partial charge in [0.25, 0.3) is 0 Å². The lowest BCUT2D eigenvalue weighted by molar-refractivity contribution is -0.317. The summed E-state index contributed by atoms with van der Waals surface area (Å²) in [6, 6.07) is 9.12. The van der Waals surface area contributed by atoms with Crippen LogP contribution in [0.2, 0.25) is 0 Å². The highest BCUT2D eigenvalue weighted by atomic mass is 16.7. The number of hydrogen-bond donors (Lipinski definition) is 6. The Balaban J connectivity index is 1.64. The number of aliphatic hydroxyl groups excluding tert-OH is 3. The molecule has 0 aliphatic carbocycles. The number of alkyl carbamates (subject to hydrolysis) is 1. The number of hydrogen-bond acceptors (Lipinski definition) is 17. The Morgan fingerprint density at radius 3 is 2.20 bits per heavy atom. The summed E-state index contributed by atoms with van der Waals surface area (Å²) < 4.78 is 43.2. The number of amides is 1. The van der Waals surface area contributed by atoms with E-state index in [1.54, 1.807) is 48.5 Å². The third kappa shape index (κ3) is 15.5. The number of methoxy groups -OCH3 is 1. The van der Waals surface area contributed by atoms with E-state index >= 15 is 0 Å². The summed E-state index contributed by atoms with van der Waals surface area (Å²) in [5.74, 6) is -4.13. The summed E-state index contributed by atoms with van der Waals surface area (Å²) in [7, 11) is 5.22. The van der Waals surface area contributed by atoms with E-state index in [0.29, 0.717) is 25.1 Å². The standard InChI is InChI=1S/C51H87N3O15/c1-14-38-51(10,61)43(56)32(4)40(53-64-25-21-16-15-20-24-52-48(59)63-29-36-22-18-17-19-23-36)30(2)27-49(8,60)45(69-47-41(55)37(54(11)12)26-31(3)65-47)33(5)42(34(6)46(58)67-38)68-39-28-50(9,62-13)44(57)35(7)66-39/h17-19,22-23,30-35,37-39,41-45,47,55-57,60-61H,14-16,20-21,24-29H2,1-13H3,(H,52,59)/b53-40+/t30-,31-,32+,33+,34-,35+,37+,38?,39+,41-,42?,43-,44+,45-,47+,49-,50-,51-/m1/s1. The first-order valence-electron chi connectivity index (χ1n) is 25.0. The van der Waals surface area contributed by atoms with Crippen LogP contribution in [-0.4, -0.2) is 167 Å². The Hall–Kier alpha value is -3.01. The van der Waals surface area contributed by atoms with Crippen LogP contribution in [0.4, 0.5) is 4.79 Å². The van der Waals surface area contributed by atoms with Crippen molar-refractivity contribution in [2.45, 2.75) is 211 Å². The molecule has 0 aromatic heterocycles. The molecule has 3 aliphatic rings. The minimum atomic E-state index is -1.97. The number of oxime groups is 1. The Bertz CT molecular complexity index is 1750. The van der Waals surface area contributed by atoms with E-state index in [1.165, 1.54) is 14.0 Å². The van der Waals surface area contributed by atoms with Crippen molar-refractivity contribution in [3.63, 3.8) is 0 Å². The maximum atomic E-state index is 14.5. The minimum Gasteiger partial charge on any atom is -0.459 e. The van der Waals surface area contributed by atoms with Gasteiger partial charge in [0.15, 0.2) is 12.6 Å². The van der Waals surface area contributed by atoms with Crippen LogP contribution >= 0.6 is 0 Å². The van der Waals surface area contributed by atoms with Crippen LogP contribution in [0.25, 0.3) is 0 Å². The topological polar surface area (TPSA) is 237 Å². The van der Waals surface area contributed by atoms with E-state index in [2.05, 4.69) is 10.5 Å². The van der Waals surface area contributed by atoms with Gasteiger partial charge < -0.3 is 73.7 Å². The minimum absolute atomic E-state index is 0.0205. The fraction of sp³-hybridized carbons (Fsp3) is 0.824. The van der Waals surface area contributed by atoms with E-state index < -0.39 is 108 Å². The predicted octanol–water partition coefficient (Wildman–Crippen LogP) is 5.08. The fourth-order valence-electron chi connectivity index (χ4n) is 10.3. The molecular formula is C51H87N3O15. The summed E-state index contributed by atoms with van der Waals surface area (Å²) in [6.45, 7) is 18.0. The molecule has 3 aliphatic heterocycles. The van der Waals surface area contributed by atoms with Gasteiger partial charge in [0.1, 0.15) is 37.1 Å². The summed E-state index contributed by atoms with van der Waals surface area (Å²) in [4.78, 5) is 34.4. The van der Waals surface area contributed by atoms with Gasteiger partial charge in [-0.2, -0.15) is 0 Å². The molecule has 0 spiro atoms. The van der Waals surface area contributed by atoms with Crippen molar-refractivity contribution in [1.82, 2.24) is 10.2 Å². The molecule has 18 atom stereocenters. The van der Waals surface area contributed by atoms with Gasteiger partial charge in [-0.15, -0.1) is 0 Å². The van der Waals surface area contributed by atoms with Crippen LogP contribution in [0, 0.1) is 23.7 Å². The van der Waals surface area contributed by atoms with E-state index in [4.69, 9.17) is 38.0 Å². The summed E-state index contributed by atoms with van der Waals surface area (Å²) in [6.07, 6.45) is -7.09. The number of nitrogens with one attached hydrogen (secondary N) is 1. The first kappa shape index (κ1) is 58.6. The molecule has 2 unspecified atom stereocenters. The van der Waals surface area contributed by atoms with Gasteiger partial charge in [-0.05, 0) is 99.7 Å². The second-order valence-corrected chi connectivity index (χ2v) is 20.8. The average Bonchev–Trinajstić information content (AvgIpc) is 3.30. The zero-order valence-corrected chi connectivity index (χ0v) is 43.5. The van der Waals surface area contributed by atoms with E-state index in [-0.39, 0.29) is 44.6 Å². The van der Waals surface area contributed by atoms with Crippen LogP contribution in [0.1, 0.15) is 126 Å². The number of nitrogens with zero attached hydrogens (tertiary/aromatic N) is 2. The van der Waals surface area contributed by atoms with Gasteiger partial charge in [-0.3, -0.25) is 4.79 Å². The lowest BCUT2D eigenvalue weighted by atomic mass is 9.73. The third-order valence-electron chi connectivity index (χ3n) is 14.7. The number of esters is 1. The number of aliphatic hydroxyl groups is 5. The molecule has 18 heteroatoms. The molecule has 0 bridgehead atoms. The van der Waals surface area contributed by atoms with Crippen molar-refractivity contribution in [2.24, 2.45) is 28.8 Å². The van der Waals surface area contributed by atoms with Crippen molar-refractivity contribution < 1.29 is 73.1 Å². The number of unbranched alkanes of at least 4 members (excludes halogenated alkanes) is 3. The summed E-state index contributed by atoms with van der Waals surface area (Å²) in [5, 5.41) is 67.2. The van der Waals surface area contributed by atoms with Crippen molar-refractivity contribution in [2.75, 3.05) is 34.4 Å². The molecule has 3 saturated heterocycles. The molecule has 1 aromatic rings. The van der Waals surface area contributed by atoms with Gasteiger partial charge in [-0.1, -0.05) is 69.6 Å². The number of carbonyl (C=O) groups is 2. The number of rotatable bonds is 17. The van der Waals surface area contributed by atoms with Gasteiger partial charge in [0, 0.05) is 43.9 Å². The molecule has 6 N–H and O–H groups in total. The number of likely N-dealkylation sites (N-methyl/N-ethyl adjacent to an activating group) is 1. The van der Waals surface area contributed by atoms with Gasteiger partial charge in [0.05, 0.1) is 53.4 Å². The Kier molecular flexibility index (Phi) is 22.1. The third-order valence-corrected chi connectivity index (χ3v) is 14.7. The average molecular weight is 982 g/mol. The normalized spacial score (nSPS) is 40.2. The van der Waals surface area contributed by atoms with Crippen LogP contribution in [-0.2, 0) is 49.4 Å². The highest BCUT2D eigenvalue weighted by Crippen LogP contribution is 2.41. The predicted molar refractivity (Wildman–Crippen MR) is 258 cm³/mol. The van der Waals surface area contributed by atoms with Gasteiger partial charge >= 0.3 is 12.1 Å². The Labute approximate surface area is 410 Å². The van der Waals surface area contributed by atoms with Gasteiger partial charge in [-0.25, -0.2) is 4.79 Å². The SMILES string of the molecule is CCC1OC(=O)[C@H](C)C(O[C@H]2C[C@@](C)(OC)[C@@H](O)[C@H](C)O2)[C@H](C)[C@@H](O[C@@H]2O[C@H](C)C[C@H](N(C)C)[C@H]2O)[C@](C)(O)C[C@@H](C)/C(=N\OCCCCCCNC(=O)OCc2ccccc2)[C@H](C)[C@@H](O)[C@]1(C)O. The summed E-state index contributed by atoms with van der Waals surface area (Å²) in [5.41, 5.74) is -3.56. The van der Waals surface area contributed by atoms with Crippen molar-refractivity contribution in [1.29, 1.82) is 0 Å². The monoisotopic (exact) mass is 982 g/mol. The van der Waals surface area contributed by atoms with Crippen LogP contribution in [0.15, 0.2) is 35.5 Å². The van der Waals surface area contributed by atoms with E-state index in [0.717, 1.165) is 24.8 Å². The molecule has 1 amide bonds. The number of benzene rings is 1. The quantitative estimate of drug-likeness (QED) is 0.0679. The summed E-state index contributed by atoms with van der Waals surface area (Å²) >= 11 is 0. The maximum Gasteiger partial charge on any atom is 0.407 e. The lowest BCUT2D eigenvalue weighted by Gasteiger charge is -2.49. The number of carbonyl (C=O) groups excluding carboxylic acids is 2. The van der Waals surface area contributed by atoms with E-state index in [9.17, 15) is 35.1 Å². The lowest BCUT2D eigenvalue weighted by Crippen LogP contribution is -2.61. The molecule has 396 valence electrons. The van der Waals surface area contributed by atoms with Crippen molar-refractivity contribution in [3.8, 4) is 0 Å². The maximum absolute atomic E-state index is 14.5. The zero-order valence-electron chi connectivity index (χ0n) is 43.5. The second-order valence-electron chi connectivity index (χ2n) is 20.8. The highest BCUT2D eigenvalue weighted by molar-refractivity contribution is 5.88. The molecule has 69 heavy (non-hydrogen) atoms. The Morgan fingerprint density at radius 2 is 1.57 bits per heavy atom. The number of ether oxygens (including phenoxy) is 7. The molecule has 3 heterocycles. The van der Waals surface area contributed by atoms with E-state index in [1.807, 2.05) is 63.2 Å². The molecule has 18 nitrogen and oxygen atoms in total. The van der Waals surface area contributed by atoms with Crippen LogP contribution in [0.5, 0.6) is 0 Å². The zero-order chi connectivity index (χ0) is 51.4. The van der Waals surface area contributed by atoms with Gasteiger partial charge in [0.2, 0.25) is 0 Å². The molecule has 1 aromatic carbocycles. The highest BCUT2D eigenvalue weighted by Gasteiger charge is 2.53. The van der Waals surface area contributed by atoms with Crippen molar-refractivity contribution in [3.05, 3.63) is 35.9 Å². The van der Waals surface area contributed by atoms with Crippen molar-refractivity contribution >= 4 is 17.8 Å². The smallest absolute Gasteiger partial charge is 0.407 e. The van der Waals surface area contributed by atoms with Crippen LogP contribution in [0.3, 0.4) is 0 Å². The Morgan fingerprint density at radius 1 is 0.899 bits per heavy atom. The molecule has 0 saturated carbocycles. The second kappa shape index (κ2) is 26.1. The fourth-order valence-corrected chi connectivity index (χ4v) is 10.3. The number of cyclic esters (lactones) is 1.